The number of aromatic nitrogens is 3. The molecule has 4 nitrogen and oxygen atoms in total. The first-order valence-corrected chi connectivity index (χ1v) is 6.66. The standard InChI is InChI=1S/C13H14N4S/c1-13(2,11-14-7-8-18-11)17-12-15-9-5-3-4-6-10(9)16-12/h3-8H,1-2H3,(H2,15,16,17). The zero-order chi connectivity index (χ0) is 12.6. The second kappa shape index (κ2) is 4.10. The Morgan fingerprint density at radius 3 is 2.83 bits per heavy atom. The Labute approximate surface area is 109 Å². The number of benzene rings is 1. The first-order chi connectivity index (χ1) is 8.65. The monoisotopic (exact) mass is 258 g/mol. The predicted molar refractivity (Wildman–Crippen MR) is 74.9 cm³/mol. The van der Waals surface area contributed by atoms with Gasteiger partial charge < -0.3 is 10.3 Å². The molecule has 0 fully saturated rings. The number of nitrogens with one attached hydrogen (secondary N) is 2. The normalized spacial score (nSPS) is 11.9. The molecule has 0 aliphatic heterocycles. The van der Waals surface area contributed by atoms with E-state index in [1.165, 1.54) is 0 Å². The quantitative estimate of drug-likeness (QED) is 0.757. The van der Waals surface area contributed by atoms with Gasteiger partial charge in [0.15, 0.2) is 0 Å². The molecule has 0 spiro atoms. The van der Waals surface area contributed by atoms with Crippen molar-refractivity contribution in [2.75, 3.05) is 5.32 Å². The van der Waals surface area contributed by atoms with Gasteiger partial charge in [-0.3, -0.25) is 0 Å². The molecule has 3 rings (SSSR count). The molecule has 0 bridgehead atoms. The molecular weight excluding hydrogens is 244 g/mol. The summed E-state index contributed by atoms with van der Waals surface area (Å²) in [6, 6.07) is 7.99. The largest absolute Gasteiger partial charge is 0.344 e. The molecule has 0 radical (unpaired) electrons. The zero-order valence-corrected chi connectivity index (χ0v) is 11.1. The second-order valence-electron chi connectivity index (χ2n) is 4.69. The van der Waals surface area contributed by atoms with Crippen LogP contribution in [-0.2, 0) is 5.54 Å². The summed E-state index contributed by atoms with van der Waals surface area (Å²) in [6.45, 7) is 4.19. The Kier molecular flexibility index (Phi) is 2.56. The minimum Gasteiger partial charge on any atom is -0.344 e. The molecule has 0 amide bonds. The number of anilines is 1. The van der Waals surface area contributed by atoms with E-state index in [9.17, 15) is 0 Å². The highest BCUT2D eigenvalue weighted by Gasteiger charge is 2.24. The van der Waals surface area contributed by atoms with Crippen LogP contribution in [0, 0.1) is 0 Å². The lowest BCUT2D eigenvalue weighted by atomic mass is 10.1. The van der Waals surface area contributed by atoms with Crippen LogP contribution >= 0.6 is 11.3 Å². The van der Waals surface area contributed by atoms with Crippen molar-refractivity contribution in [3.05, 3.63) is 40.8 Å². The summed E-state index contributed by atoms with van der Waals surface area (Å²) in [7, 11) is 0. The van der Waals surface area contributed by atoms with Crippen LogP contribution in [0.25, 0.3) is 11.0 Å². The summed E-state index contributed by atoms with van der Waals surface area (Å²) in [5, 5.41) is 6.42. The Hall–Kier alpha value is -1.88. The van der Waals surface area contributed by atoms with Gasteiger partial charge in [-0.2, -0.15) is 0 Å². The van der Waals surface area contributed by atoms with Crippen molar-refractivity contribution in [2.24, 2.45) is 0 Å². The lowest BCUT2D eigenvalue weighted by molar-refractivity contribution is 0.598. The fourth-order valence-corrected chi connectivity index (χ4v) is 2.61. The first-order valence-electron chi connectivity index (χ1n) is 5.78. The minimum atomic E-state index is -0.234. The fourth-order valence-electron chi connectivity index (χ4n) is 1.89. The highest BCUT2D eigenvalue weighted by atomic mass is 32.1. The third kappa shape index (κ3) is 1.97. The molecular formula is C13H14N4S. The van der Waals surface area contributed by atoms with Gasteiger partial charge in [0.25, 0.3) is 0 Å². The highest BCUT2D eigenvalue weighted by molar-refractivity contribution is 7.09. The summed E-state index contributed by atoms with van der Waals surface area (Å²) in [5.41, 5.74) is 1.77. The maximum atomic E-state index is 4.52. The smallest absolute Gasteiger partial charge is 0.201 e. The van der Waals surface area contributed by atoms with Gasteiger partial charge in [-0.05, 0) is 26.0 Å². The van der Waals surface area contributed by atoms with Crippen LogP contribution in [0.5, 0.6) is 0 Å². The highest BCUT2D eigenvalue weighted by Crippen LogP contribution is 2.26. The van der Waals surface area contributed by atoms with Gasteiger partial charge in [0, 0.05) is 11.6 Å². The second-order valence-corrected chi connectivity index (χ2v) is 5.58. The minimum absolute atomic E-state index is 0.234. The van der Waals surface area contributed by atoms with E-state index in [2.05, 4.69) is 34.1 Å². The number of aromatic amines is 1. The molecule has 18 heavy (non-hydrogen) atoms. The molecule has 2 heterocycles. The third-order valence-corrected chi connectivity index (χ3v) is 3.88. The van der Waals surface area contributed by atoms with Gasteiger partial charge >= 0.3 is 0 Å². The predicted octanol–water partition coefficient (Wildman–Crippen LogP) is 3.37. The maximum Gasteiger partial charge on any atom is 0.201 e. The molecule has 2 aromatic heterocycles. The Morgan fingerprint density at radius 2 is 2.11 bits per heavy atom. The van der Waals surface area contributed by atoms with E-state index < -0.39 is 0 Å². The molecule has 3 aromatic rings. The summed E-state index contributed by atoms with van der Waals surface area (Å²) in [5.74, 6) is 0.774. The number of hydrogen-bond acceptors (Lipinski definition) is 4. The van der Waals surface area contributed by atoms with Crippen LogP contribution in [0.2, 0.25) is 0 Å². The van der Waals surface area contributed by atoms with Gasteiger partial charge in [0.05, 0.1) is 16.6 Å². The first kappa shape index (κ1) is 11.2. The van der Waals surface area contributed by atoms with Crippen LogP contribution in [0.15, 0.2) is 35.8 Å². The van der Waals surface area contributed by atoms with Crippen LogP contribution in [0.3, 0.4) is 0 Å². The Bertz CT molecular complexity index is 622. The topological polar surface area (TPSA) is 53.6 Å². The van der Waals surface area contributed by atoms with E-state index in [1.807, 2.05) is 35.8 Å². The lowest BCUT2D eigenvalue weighted by Gasteiger charge is -2.23. The Morgan fingerprint density at radius 1 is 1.28 bits per heavy atom. The van der Waals surface area contributed by atoms with Crippen molar-refractivity contribution in [2.45, 2.75) is 19.4 Å². The van der Waals surface area contributed by atoms with Crippen molar-refractivity contribution in [1.29, 1.82) is 0 Å². The van der Waals surface area contributed by atoms with Crippen LogP contribution in [0.1, 0.15) is 18.9 Å². The molecule has 2 N–H and O–H groups in total. The van der Waals surface area contributed by atoms with Crippen molar-refractivity contribution in [3.8, 4) is 0 Å². The van der Waals surface area contributed by atoms with E-state index in [0.717, 1.165) is 22.0 Å². The van der Waals surface area contributed by atoms with Gasteiger partial charge in [0.2, 0.25) is 5.95 Å². The summed E-state index contributed by atoms with van der Waals surface area (Å²) in [6.07, 6.45) is 1.82. The van der Waals surface area contributed by atoms with E-state index >= 15 is 0 Å². The van der Waals surface area contributed by atoms with E-state index in [0.29, 0.717) is 0 Å². The van der Waals surface area contributed by atoms with Crippen LogP contribution < -0.4 is 5.32 Å². The molecule has 92 valence electrons. The molecule has 0 unspecified atom stereocenters. The number of nitrogens with zero attached hydrogens (tertiary/aromatic N) is 2. The average molecular weight is 258 g/mol. The average Bonchev–Trinajstić information content (AvgIpc) is 2.96. The molecule has 0 atom stereocenters. The molecule has 1 aromatic carbocycles. The Balaban J connectivity index is 1.92. The van der Waals surface area contributed by atoms with Gasteiger partial charge in [-0.25, -0.2) is 9.97 Å². The summed E-state index contributed by atoms with van der Waals surface area (Å²) < 4.78 is 0. The number of para-hydroxylation sites is 2. The summed E-state index contributed by atoms with van der Waals surface area (Å²) in [4.78, 5) is 12.1. The van der Waals surface area contributed by atoms with Gasteiger partial charge in [-0.15, -0.1) is 11.3 Å². The molecule has 0 aliphatic carbocycles. The van der Waals surface area contributed by atoms with E-state index in [4.69, 9.17) is 0 Å². The lowest BCUT2D eigenvalue weighted by Crippen LogP contribution is -2.28. The van der Waals surface area contributed by atoms with Crippen molar-refractivity contribution in [3.63, 3.8) is 0 Å². The van der Waals surface area contributed by atoms with Gasteiger partial charge in [-0.1, -0.05) is 12.1 Å². The number of hydrogen-bond donors (Lipinski definition) is 2. The SMILES string of the molecule is CC(C)(Nc1nc2ccccc2[nH]1)c1nccs1. The number of thiazole rings is 1. The number of rotatable bonds is 3. The van der Waals surface area contributed by atoms with Gasteiger partial charge in [0.1, 0.15) is 5.01 Å². The maximum absolute atomic E-state index is 4.52. The van der Waals surface area contributed by atoms with Crippen molar-refractivity contribution < 1.29 is 0 Å². The van der Waals surface area contributed by atoms with Crippen LogP contribution in [0.4, 0.5) is 5.95 Å². The number of imidazole rings is 1. The fraction of sp³-hybridized carbons (Fsp3) is 0.231. The summed E-state index contributed by atoms with van der Waals surface area (Å²) >= 11 is 1.64. The third-order valence-electron chi connectivity index (χ3n) is 2.79. The van der Waals surface area contributed by atoms with E-state index in [-0.39, 0.29) is 5.54 Å². The van der Waals surface area contributed by atoms with Crippen molar-refractivity contribution in [1.82, 2.24) is 15.0 Å². The van der Waals surface area contributed by atoms with E-state index in [1.54, 1.807) is 11.3 Å². The molecule has 0 aliphatic rings. The molecule has 5 heteroatoms. The molecule has 0 saturated carbocycles. The van der Waals surface area contributed by atoms with Crippen molar-refractivity contribution >= 4 is 28.3 Å². The molecule has 0 saturated heterocycles. The van der Waals surface area contributed by atoms with Crippen LogP contribution in [-0.4, -0.2) is 15.0 Å². The number of H-pyrrole nitrogens is 1. The zero-order valence-electron chi connectivity index (χ0n) is 10.3. The number of fused-ring (bicyclic) bond motifs is 1.